The molecule has 1 heterocycles. The molecule has 0 aliphatic heterocycles. The average molecular weight is 723 g/mol. The van der Waals surface area contributed by atoms with E-state index in [1.54, 1.807) is 0 Å². The van der Waals surface area contributed by atoms with Crippen LogP contribution >= 0.6 is 0 Å². The fourth-order valence-electron chi connectivity index (χ4n) is 9.17. The number of hydrogen-bond donors (Lipinski definition) is 0. The third kappa shape index (κ3) is 5.17. The first-order chi connectivity index (χ1) is 28.2. The lowest BCUT2D eigenvalue weighted by Crippen LogP contribution is -1.88. The Morgan fingerprint density at radius 2 is 0.667 bits per heavy atom. The van der Waals surface area contributed by atoms with Crippen LogP contribution in [0.2, 0.25) is 0 Å². The molecule has 1 nitrogen and oxygen atoms in total. The molecule has 0 aliphatic carbocycles. The average Bonchev–Trinajstić information content (AvgIpc) is 3.65. The Hall–Kier alpha value is -7.48. The Morgan fingerprint density at radius 1 is 0.211 bits per heavy atom. The van der Waals surface area contributed by atoms with E-state index in [9.17, 15) is 0 Å². The van der Waals surface area contributed by atoms with Gasteiger partial charge in [0, 0.05) is 10.8 Å². The van der Waals surface area contributed by atoms with Crippen LogP contribution in [0.1, 0.15) is 0 Å². The summed E-state index contributed by atoms with van der Waals surface area (Å²) in [6, 6.07) is 75.5. The second kappa shape index (κ2) is 12.5. The van der Waals surface area contributed by atoms with Crippen LogP contribution in [-0.4, -0.2) is 0 Å². The van der Waals surface area contributed by atoms with Crippen LogP contribution in [0, 0.1) is 0 Å². The molecule has 12 aromatic rings. The van der Waals surface area contributed by atoms with E-state index in [0.29, 0.717) is 0 Å². The van der Waals surface area contributed by atoms with Gasteiger partial charge in [-0.2, -0.15) is 0 Å². The zero-order valence-electron chi connectivity index (χ0n) is 31.0. The SMILES string of the molecule is c1ccc2cc(-c3ccc4oc5ccc(-c6ccc7ccc(-c8cccc9c(-c%10cc%11ccccc%11c%11ccccc%10%11)cccc89)cc7c6)cc5c4c3)ccc2c1. The molecule has 0 amide bonds. The molecule has 1 aromatic heterocycles. The van der Waals surface area contributed by atoms with E-state index in [0.717, 1.165) is 21.9 Å². The van der Waals surface area contributed by atoms with Gasteiger partial charge in [-0.15, -0.1) is 0 Å². The molecule has 0 saturated carbocycles. The van der Waals surface area contributed by atoms with E-state index in [2.05, 4.69) is 206 Å². The lowest BCUT2D eigenvalue weighted by atomic mass is 9.88. The quantitative estimate of drug-likeness (QED) is 0.165. The summed E-state index contributed by atoms with van der Waals surface area (Å²) in [6.07, 6.45) is 0. The molecular formula is C56H34O. The predicted octanol–water partition coefficient (Wildman–Crippen LogP) is 16.0. The topological polar surface area (TPSA) is 13.1 Å². The molecule has 0 saturated heterocycles. The van der Waals surface area contributed by atoms with Crippen LogP contribution in [0.4, 0.5) is 0 Å². The van der Waals surface area contributed by atoms with Gasteiger partial charge >= 0.3 is 0 Å². The fourth-order valence-corrected chi connectivity index (χ4v) is 9.17. The van der Waals surface area contributed by atoms with Crippen molar-refractivity contribution in [3.8, 4) is 44.5 Å². The van der Waals surface area contributed by atoms with Gasteiger partial charge in [-0.3, -0.25) is 0 Å². The van der Waals surface area contributed by atoms with Gasteiger partial charge in [-0.25, -0.2) is 0 Å². The summed E-state index contributed by atoms with van der Waals surface area (Å²) in [6.45, 7) is 0. The Balaban J connectivity index is 0.949. The van der Waals surface area contributed by atoms with Crippen molar-refractivity contribution in [2.45, 2.75) is 0 Å². The minimum atomic E-state index is 0.902. The molecule has 11 aromatic carbocycles. The van der Waals surface area contributed by atoms with Crippen LogP contribution in [-0.2, 0) is 0 Å². The molecular weight excluding hydrogens is 689 g/mol. The summed E-state index contributed by atoms with van der Waals surface area (Å²) < 4.78 is 6.35. The lowest BCUT2D eigenvalue weighted by molar-refractivity contribution is 0.669. The van der Waals surface area contributed by atoms with E-state index in [-0.39, 0.29) is 0 Å². The molecule has 0 bridgehead atoms. The summed E-state index contributed by atoms with van der Waals surface area (Å²) in [5.41, 5.74) is 11.5. The second-order valence-electron chi connectivity index (χ2n) is 15.3. The zero-order valence-corrected chi connectivity index (χ0v) is 31.0. The van der Waals surface area contributed by atoms with Gasteiger partial charge in [0.15, 0.2) is 0 Å². The number of hydrogen-bond acceptors (Lipinski definition) is 1. The molecule has 1 heteroatoms. The van der Waals surface area contributed by atoms with Gasteiger partial charge in [0.25, 0.3) is 0 Å². The maximum Gasteiger partial charge on any atom is 0.135 e. The van der Waals surface area contributed by atoms with Crippen molar-refractivity contribution in [1.82, 2.24) is 0 Å². The molecule has 0 unspecified atom stereocenters. The summed E-state index contributed by atoms with van der Waals surface area (Å²) in [4.78, 5) is 0. The third-order valence-electron chi connectivity index (χ3n) is 12.0. The maximum absolute atomic E-state index is 6.35. The predicted molar refractivity (Wildman–Crippen MR) is 243 cm³/mol. The number of fused-ring (bicyclic) bond motifs is 9. The lowest BCUT2D eigenvalue weighted by Gasteiger charge is -2.15. The van der Waals surface area contributed by atoms with Crippen LogP contribution in [0.15, 0.2) is 211 Å². The molecule has 0 fully saturated rings. The van der Waals surface area contributed by atoms with Crippen LogP contribution in [0.5, 0.6) is 0 Å². The summed E-state index contributed by atoms with van der Waals surface area (Å²) in [5, 5.41) is 14.8. The maximum atomic E-state index is 6.35. The summed E-state index contributed by atoms with van der Waals surface area (Å²) >= 11 is 0. The van der Waals surface area contributed by atoms with E-state index >= 15 is 0 Å². The van der Waals surface area contributed by atoms with E-state index in [1.165, 1.54) is 98.4 Å². The Morgan fingerprint density at radius 3 is 1.39 bits per heavy atom. The first kappa shape index (κ1) is 31.8. The van der Waals surface area contributed by atoms with Gasteiger partial charge < -0.3 is 4.42 Å². The number of benzene rings is 11. The minimum absolute atomic E-state index is 0.902. The smallest absolute Gasteiger partial charge is 0.135 e. The second-order valence-corrected chi connectivity index (χ2v) is 15.3. The highest BCUT2D eigenvalue weighted by molar-refractivity contribution is 6.17. The van der Waals surface area contributed by atoms with Crippen molar-refractivity contribution in [2.24, 2.45) is 0 Å². The molecule has 0 radical (unpaired) electrons. The highest BCUT2D eigenvalue weighted by Gasteiger charge is 2.15. The normalized spacial score (nSPS) is 11.9. The number of furan rings is 1. The molecule has 0 N–H and O–H groups in total. The first-order valence-corrected chi connectivity index (χ1v) is 19.6. The highest BCUT2D eigenvalue weighted by Crippen LogP contribution is 2.41. The molecule has 264 valence electrons. The molecule has 0 spiro atoms. The summed E-state index contributed by atoms with van der Waals surface area (Å²) in [5.74, 6) is 0. The monoisotopic (exact) mass is 722 g/mol. The van der Waals surface area contributed by atoms with Gasteiger partial charge in [0.1, 0.15) is 11.2 Å². The van der Waals surface area contributed by atoms with Gasteiger partial charge in [-0.05, 0) is 147 Å². The fraction of sp³-hybridized carbons (Fsp3) is 0. The van der Waals surface area contributed by atoms with Gasteiger partial charge in [-0.1, -0.05) is 158 Å². The van der Waals surface area contributed by atoms with Crippen molar-refractivity contribution in [3.63, 3.8) is 0 Å². The largest absolute Gasteiger partial charge is 0.456 e. The van der Waals surface area contributed by atoms with E-state index in [4.69, 9.17) is 4.42 Å². The van der Waals surface area contributed by atoms with Crippen LogP contribution < -0.4 is 0 Å². The van der Waals surface area contributed by atoms with E-state index in [1.807, 2.05) is 0 Å². The standard InChI is InChI=1S/C56H34O/c1-2-10-37-29-38(22-19-35(37)9-1)40-25-27-55-53(32-40)54-33-41(26-28-56(54)57-55)39-23-20-36-21-24-43(31-44(36)30-39)46-15-7-17-49-48(46)16-8-18-51(49)52-34-42-11-3-4-12-45(42)47-13-5-6-14-50(47)52/h1-34H. The molecule has 57 heavy (non-hydrogen) atoms. The van der Waals surface area contributed by atoms with Crippen molar-refractivity contribution < 1.29 is 4.42 Å². The minimum Gasteiger partial charge on any atom is -0.456 e. The van der Waals surface area contributed by atoms with Crippen LogP contribution in [0.25, 0.3) is 120 Å². The third-order valence-corrected chi connectivity index (χ3v) is 12.0. The molecule has 0 aliphatic rings. The highest BCUT2D eigenvalue weighted by atomic mass is 16.3. The van der Waals surface area contributed by atoms with Gasteiger partial charge in [0.05, 0.1) is 0 Å². The Bertz CT molecular complexity index is 3580. The Kier molecular flexibility index (Phi) is 7.00. The molecule has 0 atom stereocenters. The number of rotatable bonds is 4. The van der Waals surface area contributed by atoms with Crippen LogP contribution in [0.3, 0.4) is 0 Å². The van der Waals surface area contributed by atoms with Crippen molar-refractivity contribution >= 4 is 75.8 Å². The van der Waals surface area contributed by atoms with Crippen molar-refractivity contribution in [1.29, 1.82) is 0 Å². The van der Waals surface area contributed by atoms with E-state index < -0.39 is 0 Å². The van der Waals surface area contributed by atoms with Crippen molar-refractivity contribution in [3.05, 3.63) is 206 Å². The summed E-state index contributed by atoms with van der Waals surface area (Å²) in [7, 11) is 0. The molecule has 12 rings (SSSR count). The first-order valence-electron chi connectivity index (χ1n) is 19.6. The zero-order chi connectivity index (χ0) is 37.5. The van der Waals surface area contributed by atoms with Crippen molar-refractivity contribution in [2.75, 3.05) is 0 Å². The Labute approximate surface area is 329 Å². The van der Waals surface area contributed by atoms with Gasteiger partial charge in [0.2, 0.25) is 0 Å².